The third-order valence-corrected chi connectivity index (χ3v) is 8.37. The monoisotopic (exact) mass is 444 g/mol. The van der Waals surface area contributed by atoms with E-state index in [-0.39, 0.29) is 10.8 Å². The SMILES string of the molecule is C=C(C)CCCC1(C)CCC=C2C1CCC(C)C2(C)CC(OC(C)=O)C1=CC(=O)OC1O. The fourth-order valence-electron chi connectivity index (χ4n) is 6.30. The normalized spacial score (nSPS) is 35.3. The molecule has 0 aromatic heterocycles. The average molecular weight is 445 g/mol. The van der Waals surface area contributed by atoms with Gasteiger partial charge >= 0.3 is 11.9 Å². The van der Waals surface area contributed by atoms with Gasteiger partial charge in [0.1, 0.15) is 6.10 Å². The van der Waals surface area contributed by atoms with Gasteiger partial charge in [0.25, 0.3) is 0 Å². The smallest absolute Gasteiger partial charge is 0.333 e. The highest BCUT2D eigenvalue weighted by Gasteiger charge is 2.51. The molecule has 6 unspecified atom stereocenters. The second-order valence-electron chi connectivity index (χ2n) is 10.8. The Labute approximate surface area is 192 Å². The summed E-state index contributed by atoms with van der Waals surface area (Å²) in [6, 6.07) is 0. The zero-order valence-corrected chi connectivity index (χ0v) is 20.4. The Bertz CT molecular complexity index is 824. The van der Waals surface area contributed by atoms with Crippen LogP contribution in [-0.4, -0.2) is 29.4 Å². The van der Waals surface area contributed by atoms with Crippen molar-refractivity contribution in [3.8, 4) is 0 Å². The summed E-state index contributed by atoms with van der Waals surface area (Å²) in [6.07, 6.45) is 10.2. The van der Waals surface area contributed by atoms with Crippen molar-refractivity contribution in [1.82, 2.24) is 0 Å². The van der Waals surface area contributed by atoms with E-state index in [9.17, 15) is 14.7 Å². The molecule has 32 heavy (non-hydrogen) atoms. The molecule has 2 aliphatic carbocycles. The van der Waals surface area contributed by atoms with Crippen molar-refractivity contribution >= 4 is 11.9 Å². The van der Waals surface area contributed by atoms with Gasteiger partial charge in [0, 0.05) is 18.6 Å². The number of rotatable bonds is 8. The van der Waals surface area contributed by atoms with Crippen LogP contribution in [0.25, 0.3) is 0 Å². The lowest BCUT2D eigenvalue weighted by atomic mass is 9.50. The quantitative estimate of drug-likeness (QED) is 0.388. The Balaban J connectivity index is 1.89. The number of carbonyl (C=O) groups is 2. The first-order valence-electron chi connectivity index (χ1n) is 12.1. The van der Waals surface area contributed by atoms with Crippen molar-refractivity contribution in [1.29, 1.82) is 0 Å². The van der Waals surface area contributed by atoms with Crippen LogP contribution in [0.2, 0.25) is 0 Å². The van der Waals surface area contributed by atoms with Gasteiger partial charge in [-0.15, -0.1) is 6.58 Å². The molecule has 0 aromatic rings. The van der Waals surface area contributed by atoms with Crippen molar-refractivity contribution in [2.75, 3.05) is 0 Å². The Kier molecular flexibility index (Phi) is 7.38. The van der Waals surface area contributed by atoms with Crippen molar-refractivity contribution in [3.63, 3.8) is 0 Å². The number of allylic oxidation sites excluding steroid dienone is 3. The summed E-state index contributed by atoms with van der Waals surface area (Å²) in [5.41, 5.74) is 3.12. The molecule has 0 radical (unpaired) electrons. The van der Waals surface area contributed by atoms with Gasteiger partial charge in [-0.3, -0.25) is 4.79 Å². The standard InChI is InChI=1S/C27H40O5/c1-17(2)9-7-13-26(5)14-8-10-22-21(26)12-11-18(3)27(22,6)16-23(31-19(4)28)20-15-24(29)32-25(20)30/h10,15,18,21,23,25,30H,1,7-9,11-14,16H2,2-6H3. The Hall–Kier alpha value is -1.88. The number of esters is 2. The molecule has 3 rings (SSSR count). The molecule has 0 amide bonds. The van der Waals surface area contributed by atoms with E-state index in [1.807, 2.05) is 0 Å². The molecule has 6 atom stereocenters. The average Bonchev–Trinajstić information content (AvgIpc) is 3.02. The number of hydrogen-bond acceptors (Lipinski definition) is 5. The van der Waals surface area contributed by atoms with Crippen molar-refractivity contribution in [3.05, 3.63) is 35.5 Å². The zero-order valence-electron chi connectivity index (χ0n) is 20.4. The van der Waals surface area contributed by atoms with Gasteiger partial charge in [0.2, 0.25) is 6.29 Å². The third-order valence-electron chi connectivity index (χ3n) is 8.37. The molecule has 5 heteroatoms. The Morgan fingerprint density at radius 2 is 2.06 bits per heavy atom. The van der Waals surface area contributed by atoms with E-state index >= 15 is 0 Å². The van der Waals surface area contributed by atoms with Crippen molar-refractivity contribution in [2.45, 2.75) is 98.4 Å². The maximum absolute atomic E-state index is 11.9. The molecular formula is C27H40O5. The highest BCUT2D eigenvalue weighted by atomic mass is 16.6. The van der Waals surface area contributed by atoms with Gasteiger partial charge < -0.3 is 14.6 Å². The van der Waals surface area contributed by atoms with E-state index in [4.69, 9.17) is 9.47 Å². The topological polar surface area (TPSA) is 72.8 Å². The van der Waals surface area contributed by atoms with E-state index in [1.165, 1.54) is 43.4 Å². The van der Waals surface area contributed by atoms with Gasteiger partial charge in [-0.25, -0.2) is 4.79 Å². The summed E-state index contributed by atoms with van der Waals surface area (Å²) >= 11 is 0. The predicted octanol–water partition coefficient (Wildman–Crippen LogP) is 5.64. The fourth-order valence-corrected chi connectivity index (χ4v) is 6.30. The van der Waals surface area contributed by atoms with Crippen LogP contribution in [0, 0.1) is 22.7 Å². The maximum Gasteiger partial charge on any atom is 0.333 e. The summed E-state index contributed by atoms with van der Waals surface area (Å²) in [5.74, 6) is -0.114. The summed E-state index contributed by atoms with van der Waals surface area (Å²) in [6.45, 7) is 14.5. The lowest BCUT2D eigenvalue weighted by molar-refractivity contribution is -0.154. The zero-order chi connectivity index (χ0) is 23.7. The number of carbonyl (C=O) groups excluding carboxylic acids is 2. The number of ether oxygens (including phenoxy) is 2. The largest absolute Gasteiger partial charge is 0.458 e. The van der Waals surface area contributed by atoms with Crippen LogP contribution >= 0.6 is 0 Å². The van der Waals surface area contributed by atoms with Crippen LogP contribution in [0.4, 0.5) is 0 Å². The molecule has 1 N–H and O–H groups in total. The summed E-state index contributed by atoms with van der Waals surface area (Å²) in [5, 5.41) is 10.3. The van der Waals surface area contributed by atoms with Crippen LogP contribution in [0.3, 0.4) is 0 Å². The molecule has 5 nitrogen and oxygen atoms in total. The highest BCUT2D eigenvalue weighted by Crippen LogP contribution is 2.60. The van der Waals surface area contributed by atoms with Crippen molar-refractivity contribution < 1.29 is 24.2 Å². The molecule has 0 bridgehead atoms. The van der Waals surface area contributed by atoms with Crippen LogP contribution in [0.15, 0.2) is 35.5 Å². The molecule has 178 valence electrons. The molecule has 0 aromatic carbocycles. The number of aliphatic hydroxyl groups excluding tert-OH is 1. The second-order valence-corrected chi connectivity index (χ2v) is 10.8. The van der Waals surface area contributed by atoms with Crippen LogP contribution < -0.4 is 0 Å². The first kappa shape index (κ1) is 24.8. The van der Waals surface area contributed by atoms with Gasteiger partial charge in [-0.1, -0.05) is 38.0 Å². The minimum absolute atomic E-state index is 0.189. The van der Waals surface area contributed by atoms with E-state index < -0.39 is 24.3 Å². The van der Waals surface area contributed by atoms with Crippen LogP contribution in [-0.2, 0) is 19.1 Å². The molecule has 1 saturated carbocycles. The first-order chi connectivity index (χ1) is 15.0. The van der Waals surface area contributed by atoms with E-state index in [0.717, 1.165) is 25.7 Å². The first-order valence-corrected chi connectivity index (χ1v) is 12.1. The number of fused-ring (bicyclic) bond motifs is 1. The summed E-state index contributed by atoms with van der Waals surface area (Å²) in [4.78, 5) is 23.6. The van der Waals surface area contributed by atoms with E-state index in [1.54, 1.807) is 0 Å². The van der Waals surface area contributed by atoms with E-state index in [0.29, 0.717) is 23.8 Å². The highest BCUT2D eigenvalue weighted by molar-refractivity contribution is 5.86. The Morgan fingerprint density at radius 3 is 2.66 bits per heavy atom. The molecule has 3 aliphatic rings. The van der Waals surface area contributed by atoms with Gasteiger partial charge in [-0.2, -0.15) is 0 Å². The molecule has 1 fully saturated rings. The van der Waals surface area contributed by atoms with E-state index in [2.05, 4.69) is 40.3 Å². The molecule has 0 saturated heterocycles. The second kappa shape index (κ2) is 9.54. The number of hydrogen-bond donors (Lipinski definition) is 1. The number of aliphatic hydroxyl groups is 1. The van der Waals surface area contributed by atoms with Gasteiger partial charge in [0.15, 0.2) is 0 Å². The minimum Gasteiger partial charge on any atom is -0.458 e. The maximum atomic E-state index is 11.9. The molecule has 1 heterocycles. The third kappa shape index (κ3) is 5.03. The molecule has 0 spiro atoms. The lowest BCUT2D eigenvalue weighted by Gasteiger charge is -2.54. The minimum atomic E-state index is -1.35. The summed E-state index contributed by atoms with van der Waals surface area (Å²) < 4.78 is 10.6. The number of cyclic esters (lactones) is 1. The Morgan fingerprint density at radius 1 is 1.34 bits per heavy atom. The van der Waals surface area contributed by atoms with Crippen LogP contribution in [0.1, 0.15) is 86.0 Å². The van der Waals surface area contributed by atoms with Gasteiger partial charge in [-0.05, 0) is 81.0 Å². The summed E-state index contributed by atoms with van der Waals surface area (Å²) in [7, 11) is 0. The lowest BCUT2D eigenvalue weighted by Crippen LogP contribution is -2.46. The van der Waals surface area contributed by atoms with Gasteiger partial charge in [0.05, 0.1) is 0 Å². The molecular weight excluding hydrogens is 404 g/mol. The molecule has 1 aliphatic heterocycles. The predicted molar refractivity (Wildman–Crippen MR) is 124 cm³/mol. The van der Waals surface area contributed by atoms with Crippen LogP contribution in [0.5, 0.6) is 0 Å². The fraction of sp³-hybridized carbons (Fsp3) is 0.704. The van der Waals surface area contributed by atoms with Crippen molar-refractivity contribution in [2.24, 2.45) is 22.7 Å².